The van der Waals surface area contributed by atoms with Crippen LogP contribution < -0.4 is 10.6 Å². The third-order valence-corrected chi connectivity index (χ3v) is 0.836. The van der Waals surface area contributed by atoms with Gasteiger partial charge in [-0.1, -0.05) is 13.8 Å². The number of hydrogen-bond acceptors (Lipinski definition) is 2. The lowest BCUT2D eigenvalue weighted by atomic mass is 10.4. The van der Waals surface area contributed by atoms with Crippen LogP contribution >= 0.6 is 0 Å². The van der Waals surface area contributed by atoms with E-state index in [-0.39, 0.29) is 0 Å². The average Bonchev–Trinajstić information content (AvgIpc) is 1.89. The fourth-order valence-electron chi connectivity index (χ4n) is 0.420. The Hall–Kier alpha value is -0.0800. The molecule has 53 valence electrons. The summed E-state index contributed by atoms with van der Waals surface area (Å²) in [6.07, 6.45) is 1.95. The molecule has 0 unspecified atom stereocenters. The molecule has 0 bridgehead atoms. The Labute approximate surface area is 58.0 Å². The highest BCUT2D eigenvalue weighted by Crippen LogP contribution is 1.81. The molecule has 0 fully saturated rings. The maximum atomic E-state index is 3.06. The zero-order valence-corrected chi connectivity index (χ0v) is 6.15. The number of hydrogen-bond donors (Lipinski definition) is 2. The molecular formula is C7H15N2. The first-order valence-corrected chi connectivity index (χ1v) is 3.37. The highest BCUT2D eigenvalue weighted by atomic mass is 14.9. The molecular weight excluding hydrogens is 112 g/mol. The monoisotopic (exact) mass is 127 g/mol. The Morgan fingerprint density at radius 2 is 1.44 bits per heavy atom. The minimum atomic E-state index is 0.983. The normalized spacial score (nSPS) is 10.0. The predicted molar refractivity (Wildman–Crippen MR) is 40.3 cm³/mol. The molecule has 0 aliphatic rings. The SMILES string of the molecule is CCN[CH][CH][CH]NCC. The lowest BCUT2D eigenvalue weighted by molar-refractivity contribution is 0.812. The molecule has 0 aromatic heterocycles. The van der Waals surface area contributed by atoms with Crippen LogP contribution in [0, 0.1) is 19.5 Å². The molecule has 0 amide bonds. The molecule has 0 saturated carbocycles. The smallest absolute Gasteiger partial charge is 0.0272 e. The van der Waals surface area contributed by atoms with Gasteiger partial charge in [0, 0.05) is 13.1 Å². The number of nitrogens with one attached hydrogen (secondary N) is 2. The summed E-state index contributed by atoms with van der Waals surface area (Å²) in [6.45, 7) is 9.94. The van der Waals surface area contributed by atoms with Gasteiger partial charge in [0.25, 0.3) is 0 Å². The van der Waals surface area contributed by atoms with Crippen molar-refractivity contribution >= 4 is 0 Å². The van der Waals surface area contributed by atoms with Crippen LogP contribution in [0.4, 0.5) is 0 Å². The summed E-state index contributed by atoms with van der Waals surface area (Å²) in [5.74, 6) is 0. The van der Waals surface area contributed by atoms with Gasteiger partial charge in [-0.05, 0) is 19.5 Å². The summed E-state index contributed by atoms with van der Waals surface area (Å²) in [6, 6.07) is 0. The van der Waals surface area contributed by atoms with Gasteiger partial charge in [0.05, 0.1) is 0 Å². The van der Waals surface area contributed by atoms with E-state index in [0.29, 0.717) is 0 Å². The first-order valence-electron chi connectivity index (χ1n) is 3.37. The van der Waals surface area contributed by atoms with Crippen LogP contribution in [-0.2, 0) is 0 Å². The molecule has 0 aromatic rings. The van der Waals surface area contributed by atoms with Gasteiger partial charge in [0.1, 0.15) is 0 Å². The van der Waals surface area contributed by atoms with Crippen molar-refractivity contribution in [1.29, 1.82) is 0 Å². The van der Waals surface area contributed by atoms with E-state index in [1.807, 2.05) is 19.5 Å². The maximum Gasteiger partial charge on any atom is 0.0272 e. The molecule has 2 N–H and O–H groups in total. The summed E-state index contributed by atoms with van der Waals surface area (Å²) in [5.41, 5.74) is 0. The molecule has 2 heteroatoms. The molecule has 2 nitrogen and oxygen atoms in total. The molecule has 9 heavy (non-hydrogen) atoms. The van der Waals surface area contributed by atoms with E-state index in [1.165, 1.54) is 0 Å². The van der Waals surface area contributed by atoms with E-state index in [2.05, 4.69) is 24.5 Å². The fraction of sp³-hybridized carbons (Fsp3) is 0.571. The molecule has 0 rings (SSSR count). The zero-order valence-electron chi connectivity index (χ0n) is 6.15. The molecule has 0 aliphatic carbocycles. The van der Waals surface area contributed by atoms with Gasteiger partial charge in [0.15, 0.2) is 0 Å². The van der Waals surface area contributed by atoms with Crippen LogP contribution in [0.2, 0.25) is 0 Å². The van der Waals surface area contributed by atoms with E-state index in [4.69, 9.17) is 0 Å². The summed E-state index contributed by atoms with van der Waals surface area (Å²) in [4.78, 5) is 0. The van der Waals surface area contributed by atoms with Crippen molar-refractivity contribution in [1.82, 2.24) is 10.6 Å². The Balaban J connectivity index is 2.60. The van der Waals surface area contributed by atoms with Crippen LogP contribution in [0.5, 0.6) is 0 Å². The lowest BCUT2D eigenvalue weighted by Crippen LogP contribution is -2.14. The third-order valence-electron chi connectivity index (χ3n) is 0.836. The Kier molecular flexibility index (Phi) is 7.85. The van der Waals surface area contributed by atoms with E-state index in [1.54, 1.807) is 0 Å². The van der Waals surface area contributed by atoms with E-state index in [0.717, 1.165) is 13.1 Å². The van der Waals surface area contributed by atoms with Crippen molar-refractivity contribution in [2.75, 3.05) is 13.1 Å². The van der Waals surface area contributed by atoms with Crippen molar-refractivity contribution < 1.29 is 0 Å². The molecule has 0 heterocycles. The quantitative estimate of drug-likeness (QED) is 0.514. The van der Waals surface area contributed by atoms with Crippen LogP contribution in [0.3, 0.4) is 0 Å². The Morgan fingerprint density at radius 3 is 1.78 bits per heavy atom. The lowest BCUT2D eigenvalue weighted by Gasteiger charge is -1.99. The van der Waals surface area contributed by atoms with Gasteiger partial charge in [-0.25, -0.2) is 0 Å². The van der Waals surface area contributed by atoms with Crippen molar-refractivity contribution in [3.05, 3.63) is 19.5 Å². The summed E-state index contributed by atoms with van der Waals surface area (Å²) < 4.78 is 0. The van der Waals surface area contributed by atoms with Crippen LogP contribution in [0.25, 0.3) is 0 Å². The van der Waals surface area contributed by atoms with Gasteiger partial charge in [0.2, 0.25) is 0 Å². The third kappa shape index (κ3) is 7.92. The van der Waals surface area contributed by atoms with Crippen LogP contribution in [0.15, 0.2) is 0 Å². The van der Waals surface area contributed by atoms with Crippen LogP contribution in [-0.4, -0.2) is 13.1 Å². The predicted octanol–water partition coefficient (Wildman–Crippen LogP) is 0.733. The average molecular weight is 127 g/mol. The Morgan fingerprint density at radius 1 is 1.00 bits per heavy atom. The van der Waals surface area contributed by atoms with Gasteiger partial charge >= 0.3 is 0 Å². The number of rotatable bonds is 6. The second-order valence-corrected chi connectivity index (χ2v) is 1.64. The topological polar surface area (TPSA) is 24.1 Å². The largest absolute Gasteiger partial charge is 0.312 e. The van der Waals surface area contributed by atoms with Crippen molar-refractivity contribution in [2.24, 2.45) is 0 Å². The fourth-order valence-corrected chi connectivity index (χ4v) is 0.420. The van der Waals surface area contributed by atoms with Gasteiger partial charge < -0.3 is 10.6 Å². The van der Waals surface area contributed by atoms with E-state index >= 15 is 0 Å². The minimum absolute atomic E-state index is 0.983. The Bertz CT molecular complexity index is 40.2. The zero-order chi connectivity index (χ0) is 6.95. The van der Waals surface area contributed by atoms with Gasteiger partial charge in [-0.2, -0.15) is 0 Å². The second-order valence-electron chi connectivity index (χ2n) is 1.64. The standard InChI is InChI=1S/C7H15N2/c1-3-8-6-5-7-9-4-2/h5-9H,3-4H2,1-2H3. The molecule has 0 aromatic carbocycles. The van der Waals surface area contributed by atoms with Crippen LogP contribution in [0.1, 0.15) is 13.8 Å². The second kappa shape index (κ2) is 7.92. The summed E-state index contributed by atoms with van der Waals surface area (Å²) in [5, 5.41) is 6.11. The highest BCUT2D eigenvalue weighted by Gasteiger charge is 1.84. The molecule has 0 aliphatic heterocycles. The van der Waals surface area contributed by atoms with E-state index in [9.17, 15) is 0 Å². The molecule has 0 spiro atoms. The van der Waals surface area contributed by atoms with Gasteiger partial charge in [-0.3, -0.25) is 0 Å². The molecule has 0 saturated heterocycles. The highest BCUT2D eigenvalue weighted by molar-refractivity contribution is 4.91. The van der Waals surface area contributed by atoms with Gasteiger partial charge in [-0.15, -0.1) is 0 Å². The maximum absolute atomic E-state index is 3.06. The van der Waals surface area contributed by atoms with Crippen molar-refractivity contribution in [2.45, 2.75) is 13.8 Å². The minimum Gasteiger partial charge on any atom is -0.312 e. The first-order chi connectivity index (χ1) is 4.41. The first kappa shape index (κ1) is 8.92. The van der Waals surface area contributed by atoms with Crippen molar-refractivity contribution in [3.63, 3.8) is 0 Å². The van der Waals surface area contributed by atoms with E-state index < -0.39 is 0 Å². The van der Waals surface area contributed by atoms with Crippen molar-refractivity contribution in [3.8, 4) is 0 Å². The summed E-state index contributed by atoms with van der Waals surface area (Å²) in [7, 11) is 0. The summed E-state index contributed by atoms with van der Waals surface area (Å²) >= 11 is 0. The molecule has 0 atom stereocenters. The molecule has 3 radical (unpaired) electrons.